The van der Waals surface area contributed by atoms with E-state index in [0.29, 0.717) is 11.3 Å². The van der Waals surface area contributed by atoms with E-state index < -0.39 is 9.84 Å². The third kappa shape index (κ3) is 3.03. The van der Waals surface area contributed by atoms with Crippen LogP contribution in [0.1, 0.15) is 5.56 Å². The van der Waals surface area contributed by atoms with Gasteiger partial charge < -0.3 is 10.5 Å². The Labute approximate surface area is 112 Å². The molecule has 2 N–H and O–H groups in total. The van der Waals surface area contributed by atoms with Gasteiger partial charge in [0.2, 0.25) is 0 Å². The molecule has 0 aliphatic heterocycles. The third-order valence-corrected chi connectivity index (χ3v) is 4.32. The van der Waals surface area contributed by atoms with Crippen molar-refractivity contribution in [1.29, 1.82) is 0 Å². The summed E-state index contributed by atoms with van der Waals surface area (Å²) in [5.74, 6) is 0.130. The normalized spacial score (nSPS) is 11.2. The molecule has 0 spiro atoms. The number of hydrogen-bond acceptors (Lipinski definition) is 5. The molecule has 19 heavy (non-hydrogen) atoms. The molecule has 0 saturated carbocycles. The first-order valence-corrected chi connectivity index (χ1v) is 7.23. The maximum absolute atomic E-state index is 12.3. The Morgan fingerprint density at radius 3 is 2.74 bits per heavy atom. The molecular formula is C13H14N2O3S. The van der Waals surface area contributed by atoms with Crippen LogP contribution in [-0.4, -0.2) is 20.5 Å². The zero-order valence-electron chi connectivity index (χ0n) is 10.4. The second-order valence-electron chi connectivity index (χ2n) is 4.03. The van der Waals surface area contributed by atoms with Crippen LogP contribution >= 0.6 is 0 Å². The summed E-state index contributed by atoms with van der Waals surface area (Å²) in [6, 6.07) is 7.91. The lowest BCUT2D eigenvalue weighted by Crippen LogP contribution is -2.07. The number of anilines is 1. The van der Waals surface area contributed by atoms with Crippen LogP contribution in [-0.2, 0) is 15.6 Å². The Morgan fingerprint density at radius 1 is 1.32 bits per heavy atom. The molecule has 0 atom stereocenters. The van der Waals surface area contributed by atoms with Crippen molar-refractivity contribution >= 4 is 15.5 Å². The summed E-state index contributed by atoms with van der Waals surface area (Å²) in [7, 11) is -2.08. The number of nitrogen functional groups attached to an aromatic ring is 1. The highest BCUT2D eigenvalue weighted by atomic mass is 32.2. The topological polar surface area (TPSA) is 82.3 Å². The molecule has 1 aromatic carbocycles. The van der Waals surface area contributed by atoms with Crippen LogP contribution in [0.5, 0.6) is 5.75 Å². The molecular weight excluding hydrogens is 264 g/mol. The highest BCUT2D eigenvalue weighted by molar-refractivity contribution is 7.90. The monoisotopic (exact) mass is 278 g/mol. The van der Waals surface area contributed by atoms with Gasteiger partial charge in [-0.3, -0.25) is 4.98 Å². The Morgan fingerprint density at radius 2 is 2.11 bits per heavy atom. The van der Waals surface area contributed by atoms with Crippen molar-refractivity contribution < 1.29 is 13.2 Å². The number of nitrogens with two attached hydrogens (primary N) is 1. The summed E-state index contributed by atoms with van der Waals surface area (Å²) in [6.45, 7) is 0. The van der Waals surface area contributed by atoms with E-state index in [1.54, 1.807) is 24.4 Å². The number of aromatic nitrogens is 1. The Bertz CT molecular complexity index is 670. The first-order valence-electron chi connectivity index (χ1n) is 5.58. The quantitative estimate of drug-likeness (QED) is 0.860. The van der Waals surface area contributed by atoms with Gasteiger partial charge in [-0.05, 0) is 23.8 Å². The average Bonchev–Trinajstić information content (AvgIpc) is 2.38. The van der Waals surface area contributed by atoms with Gasteiger partial charge in [-0.25, -0.2) is 8.42 Å². The van der Waals surface area contributed by atoms with E-state index in [0.717, 1.165) is 0 Å². The van der Waals surface area contributed by atoms with Gasteiger partial charge in [-0.2, -0.15) is 0 Å². The number of pyridine rings is 1. The Hall–Kier alpha value is -2.08. The Kier molecular flexibility index (Phi) is 3.71. The highest BCUT2D eigenvalue weighted by Gasteiger charge is 2.20. The molecule has 0 unspecified atom stereocenters. The maximum Gasteiger partial charge on any atom is 0.186 e. The number of methoxy groups -OCH3 is 1. The van der Waals surface area contributed by atoms with Crippen molar-refractivity contribution in [2.45, 2.75) is 10.6 Å². The van der Waals surface area contributed by atoms with Crippen LogP contribution in [0.3, 0.4) is 0 Å². The minimum absolute atomic E-state index is 0.124. The predicted molar refractivity (Wildman–Crippen MR) is 72.5 cm³/mol. The fraction of sp³-hybridized carbons (Fsp3) is 0.154. The summed E-state index contributed by atoms with van der Waals surface area (Å²) >= 11 is 0. The average molecular weight is 278 g/mol. The first kappa shape index (κ1) is 13.4. The van der Waals surface area contributed by atoms with Gasteiger partial charge in [-0.1, -0.05) is 6.07 Å². The van der Waals surface area contributed by atoms with Crippen molar-refractivity contribution in [3.05, 3.63) is 48.3 Å². The van der Waals surface area contributed by atoms with Gasteiger partial charge in [0.1, 0.15) is 10.6 Å². The molecule has 100 valence electrons. The zero-order chi connectivity index (χ0) is 13.9. The van der Waals surface area contributed by atoms with Crippen LogP contribution in [0.4, 0.5) is 5.69 Å². The van der Waals surface area contributed by atoms with Crippen LogP contribution in [0.15, 0.2) is 47.6 Å². The molecule has 1 heterocycles. The molecule has 0 aliphatic carbocycles. The van der Waals surface area contributed by atoms with Crippen molar-refractivity contribution in [2.24, 2.45) is 0 Å². The van der Waals surface area contributed by atoms with Crippen LogP contribution in [0, 0.1) is 0 Å². The zero-order valence-corrected chi connectivity index (χ0v) is 11.2. The third-order valence-electron chi connectivity index (χ3n) is 2.60. The highest BCUT2D eigenvalue weighted by Crippen LogP contribution is 2.28. The van der Waals surface area contributed by atoms with Gasteiger partial charge in [0.25, 0.3) is 0 Å². The molecule has 0 amide bonds. The largest absolute Gasteiger partial charge is 0.495 e. The molecule has 0 radical (unpaired) electrons. The lowest BCUT2D eigenvalue weighted by molar-refractivity contribution is 0.403. The SMILES string of the molecule is COc1cc(N)ccc1S(=O)(=O)Cc1cccnc1. The fourth-order valence-electron chi connectivity index (χ4n) is 1.72. The molecule has 2 aromatic rings. The number of benzene rings is 1. The number of rotatable bonds is 4. The van der Waals surface area contributed by atoms with Gasteiger partial charge >= 0.3 is 0 Å². The van der Waals surface area contributed by atoms with E-state index in [1.165, 1.54) is 25.4 Å². The molecule has 1 aromatic heterocycles. The van der Waals surface area contributed by atoms with Gasteiger partial charge in [0.05, 0.1) is 12.9 Å². The van der Waals surface area contributed by atoms with E-state index >= 15 is 0 Å². The molecule has 0 fully saturated rings. The van der Waals surface area contributed by atoms with E-state index in [9.17, 15) is 8.42 Å². The molecule has 6 heteroatoms. The van der Waals surface area contributed by atoms with Crippen LogP contribution in [0.25, 0.3) is 0 Å². The minimum Gasteiger partial charge on any atom is -0.495 e. The second-order valence-corrected chi connectivity index (χ2v) is 5.99. The Balaban J connectivity index is 2.40. The van der Waals surface area contributed by atoms with E-state index in [1.807, 2.05) is 0 Å². The molecule has 5 nitrogen and oxygen atoms in total. The number of sulfone groups is 1. The standard InChI is InChI=1S/C13H14N2O3S/c1-18-12-7-11(14)4-5-13(12)19(16,17)9-10-3-2-6-15-8-10/h2-8H,9,14H2,1H3. The predicted octanol–water partition coefficient (Wildman–Crippen LogP) is 1.65. The van der Waals surface area contributed by atoms with Crippen molar-refractivity contribution in [1.82, 2.24) is 4.98 Å². The van der Waals surface area contributed by atoms with E-state index in [2.05, 4.69) is 4.98 Å². The van der Waals surface area contributed by atoms with Crippen LogP contribution < -0.4 is 10.5 Å². The molecule has 0 bridgehead atoms. The summed E-state index contributed by atoms with van der Waals surface area (Å²) in [4.78, 5) is 4.04. The lowest BCUT2D eigenvalue weighted by atomic mass is 10.3. The van der Waals surface area contributed by atoms with E-state index in [-0.39, 0.29) is 16.4 Å². The molecule has 2 rings (SSSR count). The lowest BCUT2D eigenvalue weighted by Gasteiger charge is -2.10. The number of nitrogens with zero attached hydrogens (tertiary/aromatic N) is 1. The minimum atomic E-state index is -3.49. The summed E-state index contributed by atoms with van der Waals surface area (Å²) < 4.78 is 29.8. The smallest absolute Gasteiger partial charge is 0.186 e. The number of ether oxygens (including phenoxy) is 1. The summed E-state index contributed by atoms with van der Waals surface area (Å²) in [5.41, 5.74) is 6.70. The van der Waals surface area contributed by atoms with Gasteiger partial charge in [-0.15, -0.1) is 0 Å². The molecule has 0 saturated heterocycles. The van der Waals surface area contributed by atoms with Gasteiger partial charge in [0, 0.05) is 24.1 Å². The summed E-state index contributed by atoms with van der Waals surface area (Å²) in [6.07, 6.45) is 3.13. The second kappa shape index (κ2) is 5.27. The molecule has 0 aliphatic rings. The fourth-order valence-corrected chi connectivity index (χ4v) is 3.21. The van der Waals surface area contributed by atoms with E-state index in [4.69, 9.17) is 10.5 Å². The van der Waals surface area contributed by atoms with Gasteiger partial charge in [0.15, 0.2) is 9.84 Å². The summed E-state index contributed by atoms with van der Waals surface area (Å²) in [5, 5.41) is 0. The first-order chi connectivity index (χ1) is 9.03. The number of hydrogen-bond donors (Lipinski definition) is 1. The van der Waals surface area contributed by atoms with Crippen molar-refractivity contribution in [3.8, 4) is 5.75 Å². The van der Waals surface area contributed by atoms with Crippen molar-refractivity contribution in [2.75, 3.05) is 12.8 Å². The van der Waals surface area contributed by atoms with Crippen LogP contribution in [0.2, 0.25) is 0 Å². The maximum atomic E-state index is 12.3. The van der Waals surface area contributed by atoms with Crippen molar-refractivity contribution in [3.63, 3.8) is 0 Å².